The summed E-state index contributed by atoms with van der Waals surface area (Å²) in [6.45, 7) is 2.30. The van der Waals surface area contributed by atoms with Crippen molar-refractivity contribution in [3.05, 3.63) is 43.1 Å². The summed E-state index contributed by atoms with van der Waals surface area (Å²) in [7, 11) is 1.84. The Kier molecular flexibility index (Phi) is 5.46. The number of aldehydes is 1. The quantitative estimate of drug-likeness (QED) is 0.646. The van der Waals surface area contributed by atoms with Crippen LogP contribution in [0.2, 0.25) is 5.02 Å². The first-order chi connectivity index (χ1) is 9.97. The number of ether oxygens (including phenoxy) is 1. The molecule has 0 aliphatic heterocycles. The molecule has 0 radical (unpaired) electrons. The predicted molar refractivity (Wildman–Crippen MR) is 89.2 cm³/mol. The molecule has 4 nitrogen and oxygen atoms in total. The van der Waals surface area contributed by atoms with Gasteiger partial charge in [-0.2, -0.15) is 5.10 Å². The summed E-state index contributed by atoms with van der Waals surface area (Å²) in [4.78, 5) is 10.8. The van der Waals surface area contributed by atoms with Gasteiger partial charge in [-0.05, 0) is 50.4 Å². The van der Waals surface area contributed by atoms with Crippen LogP contribution in [0.5, 0.6) is 5.75 Å². The molecule has 112 valence electrons. The normalized spacial score (nSPS) is 10.7. The number of carbonyl (C=O) groups is 1. The van der Waals surface area contributed by atoms with E-state index in [1.54, 1.807) is 16.8 Å². The van der Waals surface area contributed by atoms with Crippen LogP contribution in [0.4, 0.5) is 0 Å². The van der Waals surface area contributed by atoms with Crippen molar-refractivity contribution in [2.24, 2.45) is 7.05 Å². The van der Waals surface area contributed by atoms with E-state index in [1.165, 1.54) is 0 Å². The molecule has 0 fully saturated rings. The Bertz CT molecular complexity index is 663. The molecule has 1 heterocycles. The number of rotatable bonds is 5. The number of hydrogen-bond donors (Lipinski definition) is 0. The molecule has 0 unspecified atom stereocenters. The van der Waals surface area contributed by atoms with Crippen molar-refractivity contribution in [3.63, 3.8) is 0 Å². The fraction of sp³-hybridized carbons (Fsp3) is 0.286. The van der Waals surface area contributed by atoms with E-state index in [-0.39, 0.29) is 0 Å². The van der Waals surface area contributed by atoms with Gasteiger partial charge in [-0.3, -0.25) is 9.48 Å². The molecule has 0 atom stereocenters. The third-order valence-electron chi connectivity index (χ3n) is 3.01. The fourth-order valence-electron chi connectivity index (χ4n) is 1.90. The van der Waals surface area contributed by atoms with Crippen LogP contribution in [0.3, 0.4) is 0 Å². The number of nitrogens with zero attached hydrogens (tertiary/aromatic N) is 2. The van der Waals surface area contributed by atoms with Crippen LogP contribution >= 0.6 is 43.5 Å². The molecule has 0 bridgehead atoms. The van der Waals surface area contributed by atoms with E-state index in [1.807, 2.05) is 14.0 Å². The SMILES string of the molecule is CCc1nn(C)c(COc2c(Br)cc(C=O)cc2Br)c1Cl. The van der Waals surface area contributed by atoms with Crippen molar-refractivity contribution in [3.8, 4) is 5.75 Å². The van der Waals surface area contributed by atoms with E-state index in [2.05, 4.69) is 37.0 Å². The second-order valence-corrected chi connectivity index (χ2v) is 6.49. The maximum atomic E-state index is 10.8. The van der Waals surface area contributed by atoms with Gasteiger partial charge < -0.3 is 4.74 Å². The Hall–Kier alpha value is -0.850. The summed E-state index contributed by atoms with van der Waals surface area (Å²) in [5.74, 6) is 0.621. The molecule has 2 rings (SSSR count). The van der Waals surface area contributed by atoms with Gasteiger partial charge in [0.25, 0.3) is 0 Å². The van der Waals surface area contributed by atoms with E-state index in [0.29, 0.717) is 31.9 Å². The van der Waals surface area contributed by atoms with Crippen molar-refractivity contribution < 1.29 is 9.53 Å². The summed E-state index contributed by atoms with van der Waals surface area (Å²) in [5.41, 5.74) is 2.23. The second kappa shape index (κ2) is 6.94. The molecule has 1 aromatic carbocycles. The van der Waals surface area contributed by atoms with Crippen molar-refractivity contribution in [2.75, 3.05) is 0 Å². The number of halogens is 3. The number of aromatic nitrogens is 2. The highest BCUT2D eigenvalue weighted by Gasteiger charge is 2.15. The highest BCUT2D eigenvalue weighted by atomic mass is 79.9. The Balaban J connectivity index is 2.25. The van der Waals surface area contributed by atoms with Gasteiger partial charge in [0.1, 0.15) is 18.6 Å². The minimum absolute atomic E-state index is 0.292. The van der Waals surface area contributed by atoms with Crippen molar-refractivity contribution in [1.82, 2.24) is 9.78 Å². The van der Waals surface area contributed by atoms with Crippen LogP contribution in [0.1, 0.15) is 28.7 Å². The lowest BCUT2D eigenvalue weighted by atomic mass is 10.2. The van der Waals surface area contributed by atoms with Crippen molar-refractivity contribution in [1.29, 1.82) is 0 Å². The first kappa shape index (κ1) is 16.5. The van der Waals surface area contributed by atoms with E-state index in [9.17, 15) is 4.79 Å². The summed E-state index contributed by atoms with van der Waals surface area (Å²) in [6.07, 6.45) is 1.55. The van der Waals surface area contributed by atoms with Gasteiger partial charge in [0, 0.05) is 12.6 Å². The van der Waals surface area contributed by atoms with E-state index in [4.69, 9.17) is 16.3 Å². The van der Waals surface area contributed by atoms with Gasteiger partial charge in [-0.15, -0.1) is 0 Å². The topological polar surface area (TPSA) is 44.1 Å². The molecule has 0 spiro atoms. The molecule has 0 N–H and O–H groups in total. The zero-order valence-corrected chi connectivity index (χ0v) is 15.4. The maximum Gasteiger partial charge on any atom is 0.150 e. The zero-order chi connectivity index (χ0) is 15.6. The van der Waals surface area contributed by atoms with Gasteiger partial charge in [0.15, 0.2) is 0 Å². The molecule has 21 heavy (non-hydrogen) atoms. The lowest BCUT2D eigenvalue weighted by molar-refractivity contribution is 0.112. The Morgan fingerprint density at radius 1 is 1.38 bits per heavy atom. The average Bonchev–Trinajstić information content (AvgIpc) is 2.72. The van der Waals surface area contributed by atoms with Crippen LogP contribution in [-0.2, 0) is 20.1 Å². The summed E-state index contributed by atoms with van der Waals surface area (Å²) < 4.78 is 8.95. The summed E-state index contributed by atoms with van der Waals surface area (Å²) in [5, 5.41) is 4.98. The van der Waals surface area contributed by atoms with E-state index < -0.39 is 0 Å². The average molecular weight is 437 g/mol. The third-order valence-corrected chi connectivity index (χ3v) is 4.63. The molecule has 1 aromatic heterocycles. The van der Waals surface area contributed by atoms with Gasteiger partial charge >= 0.3 is 0 Å². The molecule has 0 saturated carbocycles. The molecule has 0 aliphatic rings. The Morgan fingerprint density at radius 3 is 2.48 bits per heavy atom. The predicted octanol–water partition coefficient (Wildman–Crippen LogP) is 4.55. The third kappa shape index (κ3) is 3.49. The fourth-order valence-corrected chi connectivity index (χ4v) is 3.70. The molecule has 0 aliphatic carbocycles. The minimum Gasteiger partial charge on any atom is -0.485 e. The smallest absolute Gasteiger partial charge is 0.150 e. The van der Waals surface area contributed by atoms with Crippen LogP contribution in [0.15, 0.2) is 21.1 Å². The zero-order valence-electron chi connectivity index (χ0n) is 11.5. The molecular weight excluding hydrogens is 423 g/mol. The van der Waals surface area contributed by atoms with Gasteiger partial charge in [0.2, 0.25) is 0 Å². The van der Waals surface area contributed by atoms with Crippen LogP contribution in [0, 0.1) is 0 Å². The molecule has 0 amide bonds. The number of carbonyl (C=O) groups excluding carboxylic acids is 1. The van der Waals surface area contributed by atoms with Crippen molar-refractivity contribution >= 4 is 49.7 Å². The van der Waals surface area contributed by atoms with Gasteiger partial charge in [-0.1, -0.05) is 18.5 Å². The monoisotopic (exact) mass is 434 g/mol. The first-order valence-corrected chi connectivity index (χ1v) is 8.21. The standard InChI is InChI=1S/C14H13Br2ClN2O2/c1-3-11-13(17)12(19(2)18-11)7-21-14-9(15)4-8(6-20)5-10(14)16/h4-6H,3,7H2,1-2H3. The van der Waals surface area contributed by atoms with Crippen LogP contribution in [0.25, 0.3) is 0 Å². The van der Waals surface area contributed by atoms with E-state index >= 15 is 0 Å². The maximum absolute atomic E-state index is 10.8. The minimum atomic E-state index is 0.292. The highest BCUT2D eigenvalue weighted by Crippen LogP contribution is 2.35. The van der Waals surface area contributed by atoms with Gasteiger partial charge in [0.05, 0.1) is 25.4 Å². The number of aryl methyl sites for hydroxylation is 2. The lowest BCUT2D eigenvalue weighted by Gasteiger charge is -2.11. The number of benzene rings is 1. The van der Waals surface area contributed by atoms with Crippen LogP contribution in [-0.4, -0.2) is 16.1 Å². The molecular formula is C14H13Br2ClN2O2. The summed E-state index contributed by atoms with van der Waals surface area (Å²) >= 11 is 13.1. The van der Waals surface area contributed by atoms with Gasteiger partial charge in [-0.25, -0.2) is 0 Å². The second-order valence-electron chi connectivity index (χ2n) is 4.40. The Morgan fingerprint density at radius 2 is 2.00 bits per heavy atom. The molecule has 0 saturated heterocycles. The lowest BCUT2D eigenvalue weighted by Crippen LogP contribution is -2.04. The molecule has 7 heteroatoms. The van der Waals surface area contributed by atoms with Crippen LogP contribution < -0.4 is 4.74 Å². The Labute approximate surface area is 144 Å². The summed E-state index contributed by atoms with van der Waals surface area (Å²) in [6, 6.07) is 3.41. The number of hydrogen-bond acceptors (Lipinski definition) is 3. The van der Waals surface area contributed by atoms with E-state index in [0.717, 1.165) is 24.1 Å². The largest absolute Gasteiger partial charge is 0.485 e. The highest BCUT2D eigenvalue weighted by molar-refractivity contribution is 9.11. The van der Waals surface area contributed by atoms with Crippen molar-refractivity contribution in [2.45, 2.75) is 20.0 Å². The first-order valence-electron chi connectivity index (χ1n) is 6.25. The molecule has 2 aromatic rings.